The van der Waals surface area contributed by atoms with Gasteiger partial charge in [0.25, 0.3) is 0 Å². The van der Waals surface area contributed by atoms with Gasteiger partial charge in [0.05, 0.1) is 12.5 Å². The summed E-state index contributed by atoms with van der Waals surface area (Å²) in [6.07, 6.45) is 8.42. The summed E-state index contributed by atoms with van der Waals surface area (Å²) in [5.41, 5.74) is 2.45. The molecular formula is C21H28N2O2. The minimum Gasteiger partial charge on any atom is -0.337 e. The van der Waals surface area contributed by atoms with Crippen LogP contribution in [0.25, 0.3) is 0 Å². The SMILES string of the molecule is CC(=O)N1CCc2ccccc2[C@@H]1CC(=O)N(C1CCCC1)C1CC1. The summed E-state index contributed by atoms with van der Waals surface area (Å²) in [6.45, 7) is 2.35. The number of rotatable bonds is 4. The number of carbonyl (C=O) groups excluding carboxylic acids is 2. The minimum absolute atomic E-state index is 0.0751. The number of benzene rings is 1. The van der Waals surface area contributed by atoms with Crippen LogP contribution in [0.15, 0.2) is 24.3 Å². The van der Waals surface area contributed by atoms with E-state index in [1.165, 1.54) is 24.0 Å². The van der Waals surface area contributed by atoms with Crippen LogP contribution < -0.4 is 0 Å². The number of hydrogen-bond acceptors (Lipinski definition) is 2. The van der Waals surface area contributed by atoms with Crippen LogP contribution in [0.2, 0.25) is 0 Å². The molecule has 0 unspecified atom stereocenters. The highest BCUT2D eigenvalue weighted by molar-refractivity contribution is 5.80. The van der Waals surface area contributed by atoms with Crippen LogP contribution in [0.5, 0.6) is 0 Å². The third-order valence-electron chi connectivity index (χ3n) is 6.13. The topological polar surface area (TPSA) is 40.6 Å². The fourth-order valence-electron chi connectivity index (χ4n) is 4.76. The molecule has 4 nitrogen and oxygen atoms in total. The van der Waals surface area contributed by atoms with Crippen LogP contribution >= 0.6 is 0 Å². The van der Waals surface area contributed by atoms with Crippen molar-refractivity contribution in [3.8, 4) is 0 Å². The molecule has 4 heteroatoms. The smallest absolute Gasteiger partial charge is 0.225 e. The largest absolute Gasteiger partial charge is 0.337 e. The molecule has 0 saturated heterocycles. The molecule has 1 atom stereocenters. The quantitative estimate of drug-likeness (QED) is 0.842. The Morgan fingerprint density at radius 2 is 1.76 bits per heavy atom. The summed E-state index contributed by atoms with van der Waals surface area (Å²) in [6, 6.07) is 9.10. The van der Waals surface area contributed by atoms with E-state index in [-0.39, 0.29) is 17.9 Å². The zero-order valence-corrected chi connectivity index (χ0v) is 15.1. The van der Waals surface area contributed by atoms with Gasteiger partial charge in [0.2, 0.25) is 11.8 Å². The van der Waals surface area contributed by atoms with Gasteiger partial charge < -0.3 is 9.80 Å². The number of nitrogens with zero attached hydrogens (tertiary/aromatic N) is 2. The maximum atomic E-state index is 13.2. The van der Waals surface area contributed by atoms with E-state index in [1.807, 2.05) is 11.0 Å². The highest BCUT2D eigenvalue weighted by atomic mass is 16.2. The maximum absolute atomic E-state index is 13.2. The van der Waals surface area contributed by atoms with Crippen LogP contribution in [0.4, 0.5) is 0 Å². The van der Waals surface area contributed by atoms with E-state index in [4.69, 9.17) is 0 Å². The second kappa shape index (κ2) is 6.81. The highest BCUT2D eigenvalue weighted by Gasteiger charge is 2.40. The van der Waals surface area contributed by atoms with Crippen LogP contribution in [-0.2, 0) is 16.0 Å². The lowest BCUT2D eigenvalue weighted by atomic mass is 9.90. The third-order valence-corrected chi connectivity index (χ3v) is 6.13. The molecule has 0 radical (unpaired) electrons. The van der Waals surface area contributed by atoms with E-state index in [2.05, 4.69) is 23.1 Å². The van der Waals surface area contributed by atoms with E-state index in [9.17, 15) is 9.59 Å². The molecule has 4 rings (SSSR count). The van der Waals surface area contributed by atoms with Crippen LogP contribution in [0, 0.1) is 0 Å². The van der Waals surface area contributed by atoms with Crippen LogP contribution in [0.1, 0.15) is 69.0 Å². The monoisotopic (exact) mass is 340 g/mol. The lowest BCUT2D eigenvalue weighted by Gasteiger charge is -2.38. The maximum Gasteiger partial charge on any atom is 0.225 e. The first-order chi connectivity index (χ1) is 12.1. The number of carbonyl (C=O) groups is 2. The van der Waals surface area contributed by atoms with Gasteiger partial charge in [-0.2, -0.15) is 0 Å². The second-order valence-corrected chi connectivity index (χ2v) is 7.85. The number of amides is 2. The Morgan fingerprint density at radius 1 is 1.08 bits per heavy atom. The third kappa shape index (κ3) is 3.31. The van der Waals surface area contributed by atoms with Crippen molar-refractivity contribution in [1.29, 1.82) is 0 Å². The average molecular weight is 340 g/mol. The molecule has 2 saturated carbocycles. The summed E-state index contributed by atoms with van der Waals surface area (Å²) in [7, 11) is 0. The van der Waals surface area contributed by atoms with Crippen molar-refractivity contribution < 1.29 is 9.59 Å². The Balaban J connectivity index is 1.58. The van der Waals surface area contributed by atoms with Crippen molar-refractivity contribution >= 4 is 11.8 Å². The van der Waals surface area contributed by atoms with E-state index in [0.29, 0.717) is 18.5 Å². The molecule has 2 fully saturated rings. The molecule has 0 N–H and O–H groups in total. The molecule has 2 aliphatic carbocycles. The van der Waals surface area contributed by atoms with Gasteiger partial charge in [0, 0.05) is 25.6 Å². The summed E-state index contributed by atoms with van der Waals surface area (Å²) in [5, 5.41) is 0. The molecule has 1 aromatic carbocycles. The normalized spacial score (nSPS) is 23.4. The van der Waals surface area contributed by atoms with Crippen LogP contribution in [-0.4, -0.2) is 40.2 Å². The molecule has 25 heavy (non-hydrogen) atoms. The van der Waals surface area contributed by atoms with Crippen molar-refractivity contribution in [1.82, 2.24) is 9.80 Å². The van der Waals surface area contributed by atoms with Crippen molar-refractivity contribution in [3.05, 3.63) is 35.4 Å². The first-order valence-corrected chi connectivity index (χ1v) is 9.81. The zero-order chi connectivity index (χ0) is 17.4. The molecule has 1 aromatic rings. The Kier molecular flexibility index (Phi) is 4.53. The lowest BCUT2D eigenvalue weighted by molar-refractivity contribution is -0.138. The number of hydrogen-bond donors (Lipinski definition) is 0. The molecule has 1 aliphatic heterocycles. The molecule has 2 amide bonds. The molecule has 0 spiro atoms. The van der Waals surface area contributed by atoms with Crippen LogP contribution in [0.3, 0.4) is 0 Å². The first kappa shape index (κ1) is 16.6. The second-order valence-electron chi connectivity index (χ2n) is 7.85. The Bertz CT molecular complexity index is 662. The fraction of sp³-hybridized carbons (Fsp3) is 0.619. The van der Waals surface area contributed by atoms with Crippen molar-refractivity contribution in [3.63, 3.8) is 0 Å². The molecule has 134 valence electrons. The lowest BCUT2D eigenvalue weighted by Crippen LogP contribution is -2.45. The van der Waals surface area contributed by atoms with Gasteiger partial charge >= 0.3 is 0 Å². The summed E-state index contributed by atoms with van der Waals surface area (Å²) < 4.78 is 0. The Labute approximate surface area is 150 Å². The van der Waals surface area contributed by atoms with E-state index >= 15 is 0 Å². The summed E-state index contributed by atoms with van der Waals surface area (Å²) >= 11 is 0. The van der Waals surface area contributed by atoms with Crippen molar-refractivity contribution in [2.75, 3.05) is 6.54 Å². The zero-order valence-electron chi connectivity index (χ0n) is 15.1. The minimum atomic E-state index is -0.0994. The average Bonchev–Trinajstić information content (AvgIpc) is 3.28. The first-order valence-electron chi connectivity index (χ1n) is 9.81. The van der Waals surface area contributed by atoms with Crippen molar-refractivity contribution in [2.24, 2.45) is 0 Å². The molecular weight excluding hydrogens is 312 g/mol. The van der Waals surface area contributed by atoms with Gasteiger partial charge in [0.1, 0.15) is 0 Å². The highest BCUT2D eigenvalue weighted by Crippen LogP contribution is 2.38. The standard InChI is InChI=1S/C21H28N2O2/c1-15(24)22-13-12-16-6-2-5-9-19(16)20(22)14-21(25)23(18-10-11-18)17-7-3-4-8-17/h2,5-6,9,17-18,20H,3-4,7-8,10-14H2,1H3/t20-/m0/s1. The Hall–Kier alpha value is -1.84. The van der Waals surface area contributed by atoms with Gasteiger partial charge in [0.15, 0.2) is 0 Å². The van der Waals surface area contributed by atoms with Gasteiger partial charge in [-0.15, -0.1) is 0 Å². The molecule has 0 aromatic heterocycles. The summed E-state index contributed by atoms with van der Waals surface area (Å²) in [5.74, 6) is 0.327. The van der Waals surface area contributed by atoms with E-state index in [0.717, 1.165) is 38.6 Å². The van der Waals surface area contributed by atoms with E-state index < -0.39 is 0 Å². The van der Waals surface area contributed by atoms with Gasteiger partial charge in [-0.3, -0.25) is 9.59 Å². The summed E-state index contributed by atoms with van der Waals surface area (Å²) in [4.78, 5) is 29.5. The molecule has 1 heterocycles. The fourth-order valence-corrected chi connectivity index (χ4v) is 4.76. The van der Waals surface area contributed by atoms with Gasteiger partial charge in [-0.25, -0.2) is 0 Å². The predicted octanol–water partition coefficient (Wildman–Crippen LogP) is 3.46. The van der Waals surface area contributed by atoms with Crippen molar-refractivity contribution in [2.45, 2.75) is 76.4 Å². The van der Waals surface area contributed by atoms with Gasteiger partial charge in [-0.1, -0.05) is 37.1 Å². The molecule has 0 bridgehead atoms. The Morgan fingerprint density at radius 3 is 2.44 bits per heavy atom. The van der Waals surface area contributed by atoms with E-state index in [1.54, 1.807) is 6.92 Å². The predicted molar refractivity (Wildman–Crippen MR) is 97.0 cm³/mol. The molecule has 3 aliphatic rings. The van der Waals surface area contributed by atoms with Gasteiger partial charge in [-0.05, 0) is 43.2 Å². The number of fused-ring (bicyclic) bond motifs is 1.